The van der Waals surface area contributed by atoms with Gasteiger partial charge in [0.25, 0.3) is 5.91 Å². The molecule has 0 unspecified atom stereocenters. The molecule has 0 saturated carbocycles. The standard InChI is InChI=1S/C16H14BrClN2O2/c1-2-22-15-8-7-12(18)9-11(15)10-19-20-16(21)13-5-3-4-6-14(13)17/h3-10H,2H2,1H3,(H,20,21)/b19-10-. The van der Waals surface area contributed by atoms with Gasteiger partial charge in [-0.2, -0.15) is 5.10 Å². The molecule has 0 aliphatic heterocycles. The first-order valence-corrected chi connectivity index (χ1v) is 7.79. The van der Waals surface area contributed by atoms with Crippen molar-refractivity contribution in [1.29, 1.82) is 0 Å². The molecule has 0 spiro atoms. The molecular weight excluding hydrogens is 368 g/mol. The third kappa shape index (κ3) is 4.32. The van der Waals surface area contributed by atoms with Gasteiger partial charge >= 0.3 is 0 Å². The van der Waals surface area contributed by atoms with Gasteiger partial charge in [0.15, 0.2) is 0 Å². The Morgan fingerprint density at radius 2 is 2.14 bits per heavy atom. The maximum Gasteiger partial charge on any atom is 0.272 e. The number of halogens is 2. The van der Waals surface area contributed by atoms with Gasteiger partial charge in [-0.15, -0.1) is 0 Å². The summed E-state index contributed by atoms with van der Waals surface area (Å²) in [7, 11) is 0. The molecule has 0 radical (unpaired) electrons. The summed E-state index contributed by atoms with van der Waals surface area (Å²) in [4.78, 5) is 12.0. The summed E-state index contributed by atoms with van der Waals surface area (Å²) in [6, 6.07) is 12.4. The van der Waals surface area contributed by atoms with Crippen molar-refractivity contribution in [2.45, 2.75) is 6.92 Å². The molecule has 2 aromatic rings. The lowest BCUT2D eigenvalue weighted by Crippen LogP contribution is -2.18. The van der Waals surface area contributed by atoms with Crippen molar-refractivity contribution in [2.24, 2.45) is 5.10 Å². The van der Waals surface area contributed by atoms with E-state index in [0.29, 0.717) is 33.0 Å². The topological polar surface area (TPSA) is 50.7 Å². The van der Waals surface area contributed by atoms with Crippen LogP contribution in [0.2, 0.25) is 5.02 Å². The summed E-state index contributed by atoms with van der Waals surface area (Å²) in [5.74, 6) is 0.356. The van der Waals surface area contributed by atoms with Crippen molar-refractivity contribution in [3.05, 3.63) is 63.1 Å². The van der Waals surface area contributed by atoms with Crippen LogP contribution in [-0.2, 0) is 0 Å². The van der Waals surface area contributed by atoms with E-state index in [9.17, 15) is 4.79 Å². The molecule has 0 aromatic heterocycles. The SMILES string of the molecule is CCOc1ccc(Cl)cc1/C=N\NC(=O)c1ccccc1Br. The zero-order valence-electron chi connectivity index (χ0n) is 11.8. The molecule has 0 heterocycles. The number of ether oxygens (including phenoxy) is 1. The number of carbonyl (C=O) groups excluding carboxylic acids is 1. The van der Waals surface area contributed by atoms with Crippen LogP contribution in [0.15, 0.2) is 52.0 Å². The number of nitrogens with zero attached hydrogens (tertiary/aromatic N) is 1. The van der Waals surface area contributed by atoms with E-state index in [0.717, 1.165) is 0 Å². The number of hydrazone groups is 1. The van der Waals surface area contributed by atoms with Crippen LogP contribution in [-0.4, -0.2) is 18.7 Å². The van der Waals surface area contributed by atoms with Gasteiger partial charge in [-0.25, -0.2) is 5.43 Å². The Hall–Kier alpha value is -1.85. The lowest BCUT2D eigenvalue weighted by Gasteiger charge is -2.07. The normalized spacial score (nSPS) is 10.7. The number of hydrogen-bond donors (Lipinski definition) is 1. The third-order valence-corrected chi connectivity index (χ3v) is 3.69. The van der Waals surface area contributed by atoms with Gasteiger partial charge in [-0.05, 0) is 53.2 Å². The minimum absolute atomic E-state index is 0.302. The fraction of sp³-hybridized carbons (Fsp3) is 0.125. The Kier molecular flexibility index (Phi) is 5.98. The molecule has 6 heteroatoms. The van der Waals surface area contributed by atoms with Gasteiger partial charge < -0.3 is 4.74 Å². The van der Waals surface area contributed by atoms with E-state index in [1.165, 1.54) is 6.21 Å². The molecule has 114 valence electrons. The van der Waals surface area contributed by atoms with Crippen LogP contribution >= 0.6 is 27.5 Å². The van der Waals surface area contributed by atoms with Crippen LogP contribution in [0.5, 0.6) is 5.75 Å². The van der Waals surface area contributed by atoms with E-state index in [2.05, 4.69) is 26.5 Å². The highest BCUT2D eigenvalue weighted by Crippen LogP contribution is 2.21. The van der Waals surface area contributed by atoms with Crippen molar-refractivity contribution >= 4 is 39.7 Å². The molecule has 0 bridgehead atoms. The Bertz CT molecular complexity index is 704. The number of carbonyl (C=O) groups is 1. The number of rotatable bonds is 5. The van der Waals surface area contributed by atoms with Gasteiger partial charge in [0.1, 0.15) is 5.75 Å². The maximum atomic E-state index is 12.0. The summed E-state index contributed by atoms with van der Waals surface area (Å²) < 4.78 is 6.19. The second-order valence-electron chi connectivity index (χ2n) is 4.29. The van der Waals surface area contributed by atoms with E-state index in [1.807, 2.05) is 13.0 Å². The summed E-state index contributed by atoms with van der Waals surface area (Å²) in [6.07, 6.45) is 1.51. The quantitative estimate of drug-likeness (QED) is 0.621. The van der Waals surface area contributed by atoms with Crippen LogP contribution < -0.4 is 10.2 Å². The molecule has 2 aromatic carbocycles. The van der Waals surface area contributed by atoms with Crippen molar-refractivity contribution in [3.63, 3.8) is 0 Å². The highest BCUT2D eigenvalue weighted by atomic mass is 79.9. The first kappa shape index (κ1) is 16.5. The molecule has 2 rings (SSSR count). The molecule has 1 amide bonds. The maximum absolute atomic E-state index is 12.0. The van der Waals surface area contributed by atoms with Gasteiger partial charge in [0, 0.05) is 15.1 Å². The molecule has 0 atom stereocenters. The summed E-state index contributed by atoms with van der Waals surface area (Å²) >= 11 is 9.29. The zero-order valence-corrected chi connectivity index (χ0v) is 14.2. The Balaban J connectivity index is 2.11. The Labute approximate surface area is 142 Å². The van der Waals surface area contributed by atoms with E-state index in [4.69, 9.17) is 16.3 Å². The average molecular weight is 382 g/mol. The van der Waals surface area contributed by atoms with Crippen molar-refractivity contribution in [1.82, 2.24) is 5.43 Å². The first-order chi connectivity index (χ1) is 10.6. The van der Waals surface area contributed by atoms with Crippen LogP contribution in [0.1, 0.15) is 22.8 Å². The lowest BCUT2D eigenvalue weighted by atomic mass is 10.2. The van der Waals surface area contributed by atoms with Crippen molar-refractivity contribution in [2.75, 3.05) is 6.61 Å². The molecule has 22 heavy (non-hydrogen) atoms. The van der Waals surface area contributed by atoms with E-state index < -0.39 is 0 Å². The Morgan fingerprint density at radius 3 is 2.86 bits per heavy atom. The second-order valence-corrected chi connectivity index (χ2v) is 5.58. The van der Waals surface area contributed by atoms with Crippen molar-refractivity contribution < 1.29 is 9.53 Å². The number of nitrogens with one attached hydrogen (secondary N) is 1. The fourth-order valence-electron chi connectivity index (χ4n) is 1.77. The first-order valence-electron chi connectivity index (χ1n) is 6.62. The zero-order chi connectivity index (χ0) is 15.9. The predicted octanol–water partition coefficient (Wildman–Crippen LogP) is 4.27. The molecule has 4 nitrogen and oxygen atoms in total. The number of hydrogen-bond acceptors (Lipinski definition) is 3. The predicted molar refractivity (Wildman–Crippen MR) is 91.8 cm³/mol. The average Bonchev–Trinajstić information content (AvgIpc) is 2.50. The van der Waals surface area contributed by atoms with Crippen LogP contribution in [0.25, 0.3) is 0 Å². The monoisotopic (exact) mass is 380 g/mol. The smallest absolute Gasteiger partial charge is 0.272 e. The summed E-state index contributed by atoms with van der Waals surface area (Å²) in [5, 5.41) is 4.53. The third-order valence-electron chi connectivity index (χ3n) is 2.76. The van der Waals surface area contributed by atoms with E-state index >= 15 is 0 Å². The summed E-state index contributed by atoms with van der Waals surface area (Å²) in [6.45, 7) is 2.43. The highest BCUT2D eigenvalue weighted by molar-refractivity contribution is 9.10. The fourth-order valence-corrected chi connectivity index (χ4v) is 2.42. The van der Waals surface area contributed by atoms with Crippen molar-refractivity contribution in [3.8, 4) is 5.75 Å². The highest BCUT2D eigenvalue weighted by Gasteiger charge is 2.08. The number of amides is 1. The molecule has 0 aliphatic rings. The molecule has 0 saturated heterocycles. The largest absolute Gasteiger partial charge is 0.493 e. The van der Waals surface area contributed by atoms with Crippen LogP contribution in [0, 0.1) is 0 Å². The Morgan fingerprint density at radius 1 is 1.36 bits per heavy atom. The lowest BCUT2D eigenvalue weighted by molar-refractivity contribution is 0.0954. The van der Waals surface area contributed by atoms with Gasteiger partial charge in [-0.3, -0.25) is 4.79 Å². The van der Waals surface area contributed by atoms with Gasteiger partial charge in [-0.1, -0.05) is 23.7 Å². The van der Waals surface area contributed by atoms with Gasteiger partial charge in [0.2, 0.25) is 0 Å². The van der Waals surface area contributed by atoms with E-state index in [-0.39, 0.29) is 5.91 Å². The summed E-state index contributed by atoms with van der Waals surface area (Å²) in [5.41, 5.74) is 3.68. The minimum Gasteiger partial charge on any atom is -0.493 e. The van der Waals surface area contributed by atoms with Gasteiger partial charge in [0.05, 0.1) is 18.4 Å². The molecular formula is C16H14BrClN2O2. The molecule has 1 N–H and O–H groups in total. The van der Waals surface area contributed by atoms with E-state index in [1.54, 1.807) is 36.4 Å². The second kappa shape index (κ2) is 7.96. The number of benzene rings is 2. The van der Waals surface area contributed by atoms with Crippen LogP contribution in [0.4, 0.5) is 0 Å². The van der Waals surface area contributed by atoms with Crippen LogP contribution in [0.3, 0.4) is 0 Å². The minimum atomic E-state index is -0.302. The molecule has 0 fully saturated rings. The molecule has 0 aliphatic carbocycles.